The van der Waals surface area contributed by atoms with Crippen LogP contribution in [0.1, 0.15) is 5.69 Å². The maximum absolute atomic E-state index is 10.1. The van der Waals surface area contributed by atoms with Gasteiger partial charge in [-0.3, -0.25) is 4.99 Å². The standard InChI is InChI=1S/C20H13IN2O2/c21-14-8-10-15(11-9-14)22-12-18-20(24)25-19(23-18)17-7-3-5-13-4-1-2-6-16(13)17/h1-12,24H. The van der Waals surface area contributed by atoms with E-state index in [0.717, 1.165) is 25.6 Å². The van der Waals surface area contributed by atoms with Crippen molar-refractivity contribution in [1.29, 1.82) is 0 Å². The number of aliphatic imine (C=N–C) groups is 1. The molecule has 1 aromatic heterocycles. The van der Waals surface area contributed by atoms with Crippen LogP contribution in [0.2, 0.25) is 0 Å². The van der Waals surface area contributed by atoms with Gasteiger partial charge in [0, 0.05) is 9.13 Å². The highest BCUT2D eigenvalue weighted by Crippen LogP contribution is 2.31. The summed E-state index contributed by atoms with van der Waals surface area (Å²) in [6.45, 7) is 0. The molecular formula is C20H13IN2O2. The van der Waals surface area contributed by atoms with Gasteiger partial charge in [0.15, 0.2) is 5.69 Å². The van der Waals surface area contributed by atoms with E-state index in [0.29, 0.717) is 11.6 Å². The lowest BCUT2D eigenvalue weighted by Crippen LogP contribution is -1.84. The topological polar surface area (TPSA) is 58.6 Å². The number of oxazole rings is 1. The van der Waals surface area contributed by atoms with Crippen molar-refractivity contribution in [2.45, 2.75) is 0 Å². The zero-order valence-corrected chi connectivity index (χ0v) is 15.2. The molecule has 0 aliphatic carbocycles. The minimum Gasteiger partial charge on any atom is -0.479 e. The molecular weight excluding hydrogens is 427 g/mol. The molecule has 0 saturated heterocycles. The molecule has 4 rings (SSSR count). The van der Waals surface area contributed by atoms with Gasteiger partial charge in [-0.1, -0.05) is 36.4 Å². The molecule has 0 spiro atoms. The van der Waals surface area contributed by atoms with E-state index >= 15 is 0 Å². The van der Waals surface area contributed by atoms with Crippen molar-refractivity contribution in [3.63, 3.8) is 0 Å². The lowest BCUT2D eigenvalue weighted by molar-refractivity contribution is 0.337. The molecule has 122 valence electrons. The van der Waals surface area contributed by atoms with Crippen LogP contribution in [0.5, 0.6) is 5.95 Å². The number of halogens is 1. The van der Waals surface area contributed by atoms with Crippen LogP contribution in [0.25, 0.3) is 22.2 Å². The summed E-state index contributed by atoms with van der Waals surface area (Å²) in [6, 6.07) is 21.6. The third-order valence-electron chi connectivity index (χ3n) is 3.82. The zero-order chi connectivity index (χ0) is 17.2. The Hall–Kier alpha value is -2.67. The number of rotatable bonds is 3. The van der Waals surface area contributed by atoms with E-state index in [1.165, 1.54) is 6.21 Å². The van der Waals surface area contributed by atoms with Crippen molar-refractivity contribution in [3.05, 3.63) is 76.0 Å². The first-order chi connectivity index (χ1) is 12.2. The average Bonchev–Trinajstić information content (AvgIpc) is 3.01. The van der Waals surface area contributed by atoms with Gasteiger partial charge in [0.25, 0.3) is 0 Å². The number of hydrogen-bond donors (Lipinski definition) is 1. The van der Waals surface area contributed by atoms with Gasteiger partial charge in [0.05, 0.1) is 11.9 Å². The fourth-order valence-corrected chi connectivity index (χ4v) is 2.96. The molecule has 0 bridgehead atoms. The summed E-state index contributed by atoms with van der Waals surface area (Å²) in [5.41, 5.74) is 1.93. The van der Waals surface area contributed by atoms with Gasteiger partial charge >= 0.3 is 5.95 Å². The van der Waals surface area contributed by atoms with Crippen LogP contribution in [0.4, 0.5) is 5.69 Å². The number of nitrogens with zero attached hydrogens (tertiary/aromatic N) is 2. The fraction of sp³-hybridized carbons (Fsp3) is 0. The molecule has 0 unspecified atom stereocenters. The summed E-state index contributed by atoms with van der Waals surface area (Å²) in [6.07, 6.45) is 1.51. The van der Waals surface area contributed by atoms with Crippen LogP contribution in [0.15, 0.2) is 76.1 Å². The van der Waals surface area contributed by atoms with Crippen LogP contribution in [0.3, 0.4) is 0 Å². The number of hydrogen-bond acceptors (Lipinski definition) is 4. The maximum Gasteiger partial charge on any atom is 0.312 e. The highest BCUT2D eigenvalue weighted by Gasteiger charge is 2.14. The van der Waals surface area contributed by atoms with Crippen LogP contribution < -0.4 is 0 Å². The summed E-state index contributed by atoms with van der Waals surface area (Å²) in [5.74, 6) is 0.135. The van der Waals surface area contributed by atoms with E-state index in [4.69, 9.17) is 4.42 Å². The Bertz CT molecular complexity index is 1060. The first kappa shape index (κ1) is 15.8. The molecule has 4 aromatic rings. The van der Waals surface area contributed by atoms with Crippen LogP contribution in [-0.2, 0) is 0 Å². The minimum absolute atomic E-state index is 0.239. The predicted octanol–water partition coefficient (Wildman–Crippen LogP) is 5.56. The highest BCUT2D eigenvalue weighted by atomic mass is 127. The van der Waals surface area contributed by atoms with E-state index in [2.05, 4.69) is 32.6 Å². The Morgan fingerprint density at radius 3 is 2.56 bits per heavy atom. The number of benzene rings is 3. The van der Waals surface area contributed by atoms with Gasteiger partial charge in [0.2, 0.25) is 5.89 Å². The largest absolute Gasteiger partial charge is 0.479 e. The molecule has 4 nitrogen and oxygen atoms in total. The van der Waals surface area contributed by atoms with Gasteiger partial charge in [-0.05, 0) is 63.7 Å². The Kier molecular flexibility index (Phi) is 4.23. The van der Waals surface area contributed by atoms with Gasteiger partial charge in [-0.2, -0.15) is 0 Å². The fourth-order valence-electron chi connectivity index (χ4n) is 2.60. The molecule has 0 aliphatic rings. The normalized spacial score (nSPS) is 11.4. The SMILES string of the molecule is Oc1oc(-c2cccc3ccccc23)nc1C=Nc1ccc(I)cc1. The molecule has 25 heavy (non-hydrogen) atoms. The summed E-state index contributed by atoms with van der Waals surface area (Å²) in [4.78, 5) is 8.73. The van der Waals surface area contributed by atoms with Crippen molar-refractivity contribution in [1.82, 2.24) is 4.98 Å². The summed E-state index contributed by atoms with van der Waals surface area (Å²) in [5, 5.41) is 12.2. The minimum atomic E-state index is -0.239. The molecule has 0 atom stereocenters. The van der Waals surface area contributed by atoms with Crippen molar-refractivity contribution >= 4 is 45.3 Å². The monoisotopic (exact) mass is 440 g/mol. The third-order valence-corrected chi connectivity index (χ3v) is 4.54. The Labute approximate surface area is 158 Å². The smallest absolute Gasteiger partial charge is 0.312 e. The Balaban J connectivity index is 1.71. The first-order valence-corrected chi connectivity index (χ1v) is 8.76. The van der Waals surface area contributed by atoms with Gasteiger partial charge in [-0.15, -0.1) is 0 Å². The second-order valence-corrected chi connectivity index (χ2v) is 6.72. The maximum atomic E-state index is 10.1. The van der Waals surface area contributed by atoms with Crippen LogP contribution in [0, 0.1) is 3.57 Å². The number of aromatic hydroxyl groups is 1. The Morgan fingerprint density at radius 2 is 1.72 bits per heavy atom. The molecule has 5 heteroatoms. The molecule has 0 radical (unpaired) electrons. The van der Waals surface area contributed by atoms with Crippen LogP contribution >= 0.6 is 22.6 Å². The van der Waals surface area contributed by atoms with Gasteiger partial charge < -0.3 is 9.52 Å². The van der Waals surface area contributed by atoms with E-state index < -0.39 is 0 Å². The number of aromatic nitrogens is 1. The summed E-state index contributed by atoms with van der Waals surface area (Å²) < 4.78 is 6.61. The highest BCUT2D eigenvalue weighted by molar-refractivity contribution is 14.1. The third kappa shape index (κ3) is 3.28. The van der Waals surface area contributed by atoms with Crippen molar-refractivity contribution in [3.8, 4) is 17.4 Å². The van der Waals surface area contributed by atoms with Crippen molar-refractivity contribution in [2.24, 2.45) is 4.99 Å². The molecule has 1 heterocycles. The van der Waals surface area contributed by atoms with Crippen molar-refractivity contribution in [2.75, 3.05) is 0 Å². The average molecular weight is 440 g/mol. The second-order valence-electron chi connectivity index (χ2n) is 5.47. The first-order valence-electron chi connectivity index (χ1n) is 7.68. The quantitative estimate of drug-likeness (QED) is 0.336. The summed E-state index contributed by atoms with van der Waals surface area (Å²) in [7, 11) is 0. The van der Waals surface area contributed by atoms with Crippen molar-refractivity contribution < 1.29 is 9.52 Å². The summed E-state index contributed by atoms with van der Waals surface area (Å²) >= 11 is 2.24. The molecule has 0 aliphatic heterocycles. The van der Waals surface area contributed by atoms with Gasteiger partial charge in [0.1, 0.15) is 0 Å². The molecule has 0 amide bonds. The van der Waals surface area contributed by atoms with E-state index in [9.17, 15) is 5.11 Å². The second kappa shape index (κ2) is 6.68. The zero-order valence-electron chi connectivity index (χ0n) is 13.1. The lowest BCUT2D eigenvalue weighted by atomic mass is 10.0. The Morgan fingerprint density at radius 1 is 0.960 bits per heavy atom. The van der Waals surface area contributed by atoms with E-state index in [1.54, 1.807) is 0 Å². The van der Waals surface area contributed by atoms with Gasteiger partial charge in [-0.25, -0.2) is 4.98 Å². The van der Waals surface area contributed by atoms with E-state index in [1.807, 2.05) is 66.7 Å². The molecule has 3 aromatic carbocycles. The van der Waals surface area contributed by atoms with Crippen LogP contribution in [-0.4, -0.2) is 16.3 Å². The molecule has 0 fully saturated rings. The molecule has 0 saturated carbocycles. The van der Waals surface area contributed by atoms with E-state index in [-0.39, 0.29) is 5.95 Å². The number of fused-ring (bicyclic) bond motifs is 1. The lowest BCUT2D eigenvalue weighted by Gasteiger charge is -2.01. The molecule has 1 N–H and O–H groups in total. The predicted molar refractivity (Wildman–Crippen MR) is 108 cm³/mol.